The molecule has 100 valence electrons. The van der Waals surface area contributed by atoms with Crippen LogP contribution in [0.3, 0.4) is 0 Å². The molecule has 0 aromatic carbocycles. The van der Waals surface area contributed by atoms with Crippen LogP contribution in [0, 0.1) is 5.92 Å². The van der Waals surface area contributed by atoms with Gasteiger partial charge < -0.3 is 10.5 Å². The molecule has 1 saturated carbocycles. The SMILES string of the molecule is C=CCCCCCC(N)CC1CC(OCC)C1. The Morgan fingerprint density at radius 3 is 2.76 bits per heavy atom. The van der Waals surface area contributed by atoms with Crippen LogP contribution in [0.4, 0.5) is 0 Å². The first-order valence-corrected chi connectivity index (χ1v) is 7.24. The number of hydrogen-bond acceptors (Lipinski definition) is 2. The van der Waals surface area contributed by atoms with Gasteiger partial charge in [-0.3, -0.25) is 0 Å². The molecule has 1 atom stereocenters. The Morgan fingerprint density at radius 2 is 2.12 bits per heavy atom. The lowest BCUT2D eigenvalue weighted by Crippen LogP contribution is -2.35. The predicted octanol–water partition coefficient (Wildman–Crippen LogP) is 3.66. The van der Waals surface area contributed by atoms with Crippen LogP contribution in [-0.4, -0.2) is 18.8 Å². The molecule has 2 N–H and O–H groups in total. The average molecular weight is 239 g/mol. The van der Waals surface area contributed by atoms with Crippen molar-refractivity contribution in [2.24, 2.45) is 11.7 Å². The van der Waals surface area contributed by atoms with Crippen molar-refractivity contribution in [1.29, 1.82) is 0 Å². The summed E-state index contributed by atoms with van der Waals surface area (Å²) in [5.41, 5.74) is 6.16. The van der Waals surface area contributed by atoms with Crippen molar-refractivity contribution in [3.63, 3.8) is 0 Å². The van der Waals surface area contributed by atoms with Gasteiger partial charge in [0.05, 0.1) is 6.10 Å². The fraction of sp³-hybridized carbons (Fsp3) is 0.867. The molecular weight excluding hydrogens is 210 g/mol. The van der Waals surface area contributed by atoms with E-state index in [1.165, 1.54) is 44.9 Å². The van der Waals surface area contributed by atoms with Crippen LogP contribution in [0.25, 0.3) is 0 Å². The van der Waals surface area contributed by atoms with E-state index < -0.39 is 0 Å². The molecule has 0 saturated heterocycles. The lowest BCUT2D eigenvalue weighted by molar-refractivity contribution is -0.0283. The van der Waals surface area contributed by atoms with Crippen molar-refractivity contribution in [3.05, 3.63) is 12.7 Å². The van der Waals surface area contributed by atoms with Gasteiger partial charge in [-0.1, -0.05) is 18.9 Å². The first-order valence-electron chi connectivity index (χ1n) is 7.24. The summed E-state index contributed by atoms with van der Waals surface area (Å²) in [5.74, 6) is 0.828. The van der Waals surface area contributed by atoms with E-state index in [2.05, 4.69) is 13.5 Å². The second-order valence-corrected chi connectivity index (χ2v) is 5.34. The van der Waals surface area contributed by atoms with Gasteiger partial charge in [-0.2, -0.15) is 0 Å². The van der Waals surface area contributed by atoms with E-state index in [1.807, 2.05) is 6.08 Å². The maximum atomic E-state index is 6.16. The molecule has 1 aliphatic rings. The molecule has 0 spiro atoms. The quantitative estimate of drug-likeness (QED) is 0.466. The zero-order valence-electron chi connectivity index (χ0n) is 11.4. The van der Waals surface area contributed by atoms with Crippen LogP contribution >= 0.6 is 0 Å². The smallest absolute Gasteiger partial charge is 0.0580 e. The number of rotatable bonds is 10. The number of nitrogens with two attached hydrogens (primary N) is 1. The highest BCUT2D eigenvalue weighted by Crippen LogP contribution is 2.33. The number of unbranched alkanes of at least 4 members (excludes halogenated alkanes) is 3. The molecule has 0 radical (unpaired) electrons. The molecule has 0 aromatic heterocycles. The van der Waals surface area contributed by atoms with E-state index in [9.17, 15) is 0 Å². The van der Waals surface area contributed by atoms with E-state index in [0.29, 0.717) is 12.1 Å². The molecule has 1 rings (SSSR count). The third kappa shape index (κ3) is 6.23. The predicted molar refractivity (Wildman–Crippen MR) is 74.0 cm³/mol. The highest BCUT2D eigenvalue weighted by Gasteiger charge is 2.30. The second-order valence-electron chi connectivity index (χ2n) is 5.34. The molecule has 0 heterocycles. The minimum Gasteiger partial charge on any atom is -0.378 e. The third-order valence-corrected chi connectivity index (χ3v) is 3.71. The Morgan fingerprint density at radius 1 is 1.35 bits per heavy atom. The van der Waals surface area contributed by atoms with Crippen LogP contribution < -0.4 is 5.73 Å². The molecule has 0 aromatic rings. The summed E-state index contributed by atoms with van der Waals surface area (Å²) in [4.78, 5) is 0. The fourth-order valence-electron chi connectivity index (χ4n) is 2.66. The van der Waals surface area contributed by atoms with Crippen LogP contribution in [-0.2, 0) is 4.74 Å². The first kappa shape index (κ1) is 14.7. The highest BCUT2D eigenvalue weighted by atomic mass is 16.5. The maximum Gasteiger partial charge on any atom is 0.0580 e. The maximum absolute atomic E-state index is 6.16. The minimum atomic E-state index is 0.409. The lowest BCUT2D eigenvalue weighted by atomic mass is 9.77. The molecular formula is C15H29NO. The van der Waals surface area contributed by atoms with Crippen LogP contribution in [0.1, 0.15) is 58.3 Å². The Hall–Kier alpha value is -0.340. The molecule has 2 heteroatoms. The summed E-state index contributed by atoms with van der Waals surface area (Å²) in [6, 6.07) is 0.409. The van der Waals surface area contributed by atoms with Gasteiger partial charge in [0.1, 0.15) is 0 Å². The Bertz CT molecular complexity index is 199. The van der Waals surface area contributed by atoms with Gasteiger partial charge in [0.15, 0.2) is 0 Å². The topological polar surface area (TPSA) is 35.2 Å². The van der Waals surface area contributed by atoms with E-state index in [4.69, 9.17) is 10.5 Å². The summed E-state index contributed by atoms with van der Waals surface area (Å²) in [6.45, 7) is 6.66. The van der Waals surface area contributed by atoms with Gasteiger partial charge in [0.2, 0.25) is 0 Å². The highest BCUT2D eigenvalue weighted by molar-refractivity contribution is 4.83. The molecule has 1 aliphatic carbocycles. The van der Waals surface area contributed by atoms with Crippen LogP contribution in [0.15, 0.2) is 12.7 Å². The standard InChI is InChI=1S/C15H29NO/c1-3-5-6-7-8-9-14(16)10-13-11-15(12-13)17-4-2/h3,13-15H,1,4-12,16H2,2H3. The van der Waals surface area contributed by atoms with Gasteiger partial charge in [-0.25, -0.2) is 0 Å². The van der Waals surface area contributed by atoms with Crippen molar-refractivity contribution in [2.45, 2.75) is 70.4 Å². The third-order valence-electron chi connectivity index (χ3n) is 3.71. The summed E-state index contributed by atoms with van der Waals surface area (Å²) >= 11 is 0. The molecule has 17 heavy (non-hydrogen) atoms. The Balaban J connectivity index is 1.92. The molecule has 1 fully saturated rings. The molecule has 0 amide bonds. The fourth-order valence-corrected chi connectivity index (χ4v) is 2.66. The lowest BCUT2D eigenvalue weighted by Gasteiger charge is -2.36. The normalized spacial score (nSPS) is 25.3. The monoisotopic (exact) mass is 239 g/mol. The summed E-state index contributed by atoms with van der Waals surface area (Å²) < 4.78 is 5.56. The molecule has 1 unspecified atom stereocenters. The molecule has 0 aliphatic heterocycles. The number of hydrogen-bond donors (Lipinski definition) is 1. The zero-order chi connectivity index (χ0) is 12.5. The van der Waals surface area contributed by atoms with Crippen molar-refractivity contribution in [3.8, 4) is 0 Å². The summed E-state index contributed by atoms with van der Waals surface area (Å²) in [5, 5.41) is 0. The zero-order valence-corrected chi connectivity index (χ0v) is 11.4. The van der Waals surface area contributed by atoms with E-state index in [1.54, 1.807) is 0 Å². The van der Waals surface area contributed by atoms with E-state index >= 15 is 0 Å². The molecule has 2 nitrogen and oxygen atoms in total. The molecule has 0 bridgehead atoms. The van der Waals surface area contributed by atoms with E-state index in [-0.39, 0.29) is 0 Å². The Labute approximate surface area is 107 Å². The van der Waals surface area contributed by atoms with Crippen molar-refractivity contribution in [1.82, 2.24) is 0 Å². The second kappa shape index (κ2) is 8.71. The van der Waals surface area contributed by atoms with Crippen LogP contribution in [0.5, 0.6) is 0 Å². The number of ether oxygens (including phenoxy) is 1. The van der Waals surface area contributed by atoms with Gasteiger partial charge in [-0.15, -0.1) is 6.58 Å². The van der Waals surface area contributed by atoms with Gasteiger partial charge in [-0.05, 0) is 51.4 Å². The minimum absolute atomic E-state index is 0.409. The summed E-state index contributed by atoms with van der Waals surface area (Å²) in [6.07, 6.45) is 12.4. The summed E-state index contributed by atoms with van der Waals surface area (Å²) in [7, 11) is 0. The van der Waals surface area contributed by atoms with Gasteiger partial charge in [0, 0.05) is 12.6 Å². The van der Waals surface area contributed by atoms with Crippen molar-refractivity contribution >= 4 is 0 Å². The largest absolute Gasteiger partial charge is 0.378 e. The van der Waals surface area contributed by atoms with Gasteiger partial charge in [0.25, 0.3) is 0 Å². The number of allylic oxidation sites excluding steroid dienone is 1. The van der Waals surface area contributed by atoms with E-state index in [0.717, 1.165) is 18.9 Å². The van der Waals surface area contributed by atoms with Crippen molar-refractivity contribution < 1.29 is 4.74 Å². The van der Waals surface area contributed by atoms with Crippen molar-refractivity contribution in [2.75, 3.05) is 6.61 Å². The first-order chi connectivity index (χ1) is 8.26. The van der Waals surface area contributed by atoms with Crippen LogP contribution in [0.2, 0.25) is 0 Å². The Kier molecular flexibility index (Phi) is 7.54. The van der Waals surface area contributed by atoms with Gasteiger partial charge >= 0.3 is 0 Å². The average Bonchev–Trinajstić information content (AvgIpc) is 2.26.